The number of hydrogen-bond donors (Lipinski definition) is 2. The number of rotatable bonds is 5. The number of unbranched alkanes of at least 4 members (excludes halogenated alkanes) is 1. The first-order chi connectivity index (χ1) is 7.65. The molecule has 1 aromatic rings. The molecule has 84 valence electrons. The molecule has 0 radical (unpaired) electrons. The van der Waals surface area contributed by atoms with Gasteiger partial charge in [-0.3, -0.25) is 10.1 Å². The monoisotopic (exact) mass is 219 g/mol. The van der Waals surface area contributed by atoms with Crippen molar-refractivity contribution in [2.24, 2.45) is 0 Å². The van der Waals surface area contributed by atoms with Crippen LogP contribution in [0.4, 0.5) is 17.1 Å². The molecular weight excluding hydrogens is 206 g/mol. The maximum atomic E-state index is 10.5. The maximum Gasteiger partial charge on any atom is 0.292 e. The van der Waals surface area contributed by atoms with Gasteiger partial charge in [-0.1, -0.05) is 0 Å². The second kappa shape index (κ2) is 5.61. The summed E-state index contributed by atoms with van der Waals surface area (Å²) in [4.78, 5) is 10.0. The van der Waals surface area contributed by atoms with Crippen LogP contribution in [0.15, 0.2) is 18.2 Å². The molecule has 16 heavy (non-hydrogen) atoms. The predicted octanol–water partition coefficient (Wildman–Crippen LogP) is 2.00. The van der Waals surface area contributed by atoms with Crippen LogP contribution in [0.3, 0.4) is 0 Å². The van der Waals surface area contributed by atoms with Crippen molar-refractivity contribution in [3.05, 3.63) is 28.3 Å². The number of nitrogens with one attached hydrogen (secondary N) is 1. The van der Waals surface area contributed by atoms with Gasteiger partial charge in [0.2, 0.25) is 0 Å². The SMILES string of the molecule is C#CCCCNc1ccc([N+](=O)[O-])c(N)c1. The van der Waals surface area contributed by atoms with E-state index in [0.717, 1.165) is 18.7 Å². The molecule has 0 aromatic heterocycles. The van der Waals surface area contributed by atoms with E-state index >= 15 is 0 Å². The largest absolute Gasteiger partial charge is 0.393 e. The summed E-state index contributed by atoms with van der Waals surface area (Å²) in [5.74, 6) is 2.54. The Morgan fingerprint density at radius 1 is 1.56 bits per heavy atom. The Labute approximate surface area is 93.8 Å². The third-order valence-corrected chi connectivity index (χ3v) is 2.05. The molecule has 0 heterocycles. The molecule has 0 saturated heterocycles. The number of nitrogens with zero attached hydrogens (tertiary/aromatic N) is 1. The molecule has 0 atom stereocenters. The third-order valence-electron chi connectivity index (χ3n) is 2.05. The van der Waals surface area contributed by atoms with Gasteiger partial charge in [-0.2, -0.15) is 0 Å². The van der Waals surface area contributed by atoms with Crippen LogP contribution in [0.25, 0.3) is 0 Å². The summed E-state index contributed by atoms with van der Waals surface area (Å²) >= 11 is 0. The average Bonchev–Trinajstić information content (AvgIpc) is 2.24. The zero-order valence-electron chi connectivity index (χ0n) is 8.77. The van der Waals surface area contributed by atoms with Gasteiger partial charge in [0, 0.05) is 24.7 Å². The minimum absolute atomic E-state index is 0.0748. The molecule has 0 aliphatic rings. The fourth-order valence-electron chi connectivity index (χ4n) is 1.25. The van der Waals surface area contributed by atoms with Crippen molar-refractivity contribution in [1.82, 2.24) is 0 Å². The molecule has 0 amide bonds. The van der Waals surface area contributed by atoms with Crippen LogP contribution in [-0.2, 0) is 0 Å². The molecule has 5 nitrogen and oxygen atoms in total. The number of hydrogen-bond acceptors (Lipinski definition) is 4. The van der Waals surface area contributed by atoms with Gasteiger partial charge in [0.25, 0.3) is 5.69 Å². The zero-order chi connectivity index (χ0) is 12.0. The Morgan fingerprint density at radius 2 is 2.31 bits per heavy atom. The van der Waals surface area contributed by atoms with Crippen molar-refractivity contribution in [1.29, 1.82) is 0 Å². The lowest BCUT2D eigenvalue weighted by Crippen LogP contribution is -2.02. The number of nitro groups is 1. The Balaban J connectivity index is 2.60. The Morgan fingerprint density at radius 3 is 2.88 bits per heavy atom. The van der Waals surface area contributed by atoms with E-state index in [2.05, 4.69) is 11.2 Å². The van der Waals surface area contributed by atoms with Crippen LogP contribution >= 0.6 is 0 Å². The molecule has 0 unspecified atom stereocenters. The summed E-state index contributed by atoms with van der Waals surface area (Å²) in [6.45, 7) is 0.724. The van der Waals surface area contributed by atoms with Crippen LogP contribution in [-0.4, -0.2) is 11.5 Å². The standard InChI is InChI=1S/C11H13N3O2/c1-2-3-4-7-13-9-5-6-11(14(15)16)10(12)8-9/h1,5-6,8,13H,3-4,7,12H2. The number of terminal acetylenes is 1. The van der Waals surface area contributed by atoms with E-state index in [1.165, 1.54) is 6.07 Å². The van der Waals surface area contributed by atoms with Crippen LogP contribution < -0.4 is 11.1 Å². The molecular formula is C11H13N3O2. The minimum atomic E-state index is -0.503. The summed E-state index contributed by atoms with van der Waals surface area (Å²) in [5.41, 5.74) is 6.39. The summed E-state index contributed by atoms with van der Waals surface area (Å²) in [6.07, 6.45) is 6.67. The molecule has 3 N–H and O–H groups in total. The smallest absolute Gasteiger partial charge is 0.292 e. The van der Waals surface area contributed by atoms with Crippen LogP contribution in [0.1, 0.15) is 12.8 Å². The third kappa shape index (κ3) is 3.17. The highest BCUT2D eigenvalue weighted by Crippen LogP contribution is 2.24. The molecule has 5 heteroatoms. The lowest BCUT2D eigenvalue weighted by Gasteiger charge is -2.05. The summed E-state index contributed by atoms with van der Waals surface area (Å²) in [7, 11) is 0. The first-order valence-corrected chi connectivity index (χ1v) is 4.86. The first-order valence-electron chi connectivity index (χ1n) is 4.86. The average molecular weight is 219 g/mol. The van der Waals surface area contributed by atoms with E-state index in [0.29, 0.717) is 6.42 Å². The fourth-order valence-corrected chi connectivity index (χ4v) is 1.25. The summed E-state index contributed by atoms with van der Waals surface area (Å²) in [6, 6.07) is 4.57. The van der Waals surface area contributed by atoms with E-state index in [4.69, 9.17) is 12.2 Å². The normalized spacial score (nSPS) is 9.44. The Kier molecular flexibility index (Phi) is 4.16. The number of nitro benzene ring substituents is 1. The van der Waals surface area contributed by atoms with Crippen molar-refractivity contribution in [2.75, 3.05) is 17.6 Å². The predicted molar refractivity (Wildman–Crippen MR) is 64.1 cm³/mol. The summed E-state index contributed by atoms with van der Waals surface area (Å²) < 4.78 is 0. The van der Waals surface area contributed by atoms with Crippen molar-refractivity contribution in [2.45, 2.75) is 12.8 Å². The van der Waals surface area contributed by atoms with Gasteiger partial charge in [0.15, 0.2) is 0 Å². The maximum absolute atomic E-state index is 10.5. The van der Waals surface area contributed by atoms with Gasteiger partial charge in [-0.15, -0.1) is 12.3 Å². The summed E-state index contributed by atoms with van der Waals surface area (Å²) in [5, 5.41) is 13.6. The molecule has 0 spiro atoms. The van der Waals surface area contributed by atoms with Crippen LogP contribution in [0, 0.1) is 22.5 Å². The van der Waals surface area contributed by atoms with Gasteiger partial charge in [0.1, 0.15) is 5.69 Å². The van der Waals surface area contributed by atoms with Crippen LogP contribution in [0.5, 0.6) is 0 Å². The van der Waals surface area contributed by atoms with Crippen molar-refractivity contribution >= 4 is 17.1 Å². The Hall–Kier alpha value is -2.22. The molecule has 0 fully saturated rings. The van der Waals surface area contributed by atoms with E-state index in [1.807, 2.05) is 0 Å². The van der Waals surface area contributed by atoms with Gasteiger partial charge >= 0.3 is 0 Å². The highest BCUT2D eigenvalue weighted by Gasteiger charge is 2.10. The minimum Gasteiger partial charge on any atom is -0.393 e. The van der Waals surface area contributed by atoms with E-state index in [9.17, 15) is 10.1 Å². The molecule has 0 aliphatic carbocycles. The highest BCUT2D eigenvalue weighted by molar-refractivity contribution is 5.65. The van der Waals surface area contributed by atoms with Gasteiger partial charge in [0.05, 0.1) is 4.92 Å². The van der Waals surface area contributed by atoms with Crippen molar-refractivity contribution < 1.29 is 4.92 Å². The van der Waals surface area contributed by atoms with E-state index in [-0.39, 0.29) is 11.4 Å². The molecule has 1 rings (SSSR count). The molecule has 1 aromatic carbocycles. The first kappa shape index (κ1) is 11.9. The second-order valence-corrected chi connectivity index (χ2v) is 3.27. The van der Waals surface area contributed by atoms with Gasteiger partial charge in [-0.25, -0.2) is 0 Å². The number of nitrogen functional groups attached to an aromatic ring is 1. The van der Waals surface area contributed by atoms with Crippen LogP contribution in [0.2, 0.25) is 0 Å². The van der Waals surface area contributed by atoms with Crippen molar-refractivity contribution in [3.63, 3.8) is 0 Å². The lowest BCUT2D eigenvalue weighted by molar-refractivity contribution is -0.383. The van der Waals surface area contributed by atoms with E-state index in [1.54, 1.807) is 12.1 Å². The fraction of sp³-hybridized carbons (Fsp3) is 0.273. The number of nitrogens with two attached hydrogens (primary N) is 1. The van der Waals surface area contributed by atoms with Gasteiger partial charge < -0.3 is 11.1 Å². The van der Waals surface area contributed by atoms with Crippen molar-refractivity contribution in [3.8, 4) is 12.3 Å². The van der Waals surface area contributed by atoms with Gasteiger partial charge in [-0.05, 0) is 18.6 Å². The number of anilines is 2. The second-order valence-electron chi connectivity index (χ2n) is 3.27. The molecule has 0 saturated carbocycles. The molecule has 0 aliphatic heterocycles. The lowest BCUT2D eigenvalue weighted by atomic mass is 10.2. The highest BCUT2D eigenvalue weighted by atomic mass is 16.6. The quantitative estimate of drug-likeness (QED) is 0.261. The number of benzene rings is 1. The molecule has 0 bridgehead atoms. The van der Waals surface area contributed by atoms with E-state index < -0.39 is 4.92 Å². The zero-order valence-corrected chi connectivity index (χ0v) is 8.77. The topological polar surface area (TPSA) is 81.2 Å². The Bertz CT molecular complexity index is 424.